The van der Waals surface area contributed by atoms with Crippen LogP contribution in [0.4, 0.5) is 19.3 Å². The van der Waals surface area contributed by atoms with Gasteiger partial charge in [-0.2, -0.15) is 5.10 Å². The Balaban J connectivity index is 1.54. The molecule has 9 nitrogen and oxygen atoms in total. The zero-order chi connectivity index (χ0) is 22.9. The first-order chi connectivity index (χ1) is 15.2. The van der Waals surface area contributed by atoms with Crippen molar-refractivity contribution in [3.05, 3.63) is 48.7 Å². The third kappa shape index (κ3) is 4.57. The molecule has 168 valence electrons. The summed E-state index contributed by atoms with van der Waals surface area (Å²) in [4.78, 5) is 12.4. The highest BCUT2D eigenvalue weighted by atomic mass is 19.3. The quantitative estimate of drug-likeness (QED) is 0.594. The molecule has 4 rings (SSSR count). The van der Waals surface area contributed by atoms with E-state index in [9.17, 15) is 13.6 Å². The van der Waals surface area contributed by atoms with E-state index in [2.05, 4.69) is 19.9 Å². The molecular weight excluding hydrogens is 426 g/mol. The molecule has 1 atom stereocenters. The molecule has 0 bridgehead atoms. The van der Waals surface area contributed by atoms with Crippen molar-refractivity contribution in [3.63, 3.8) is 0 Å². The molecule has 0 fully saturated rings. The third-order valence-corrected chi connectivity index (χ3v) is 4.42. The molecule has 2 heterocycles. The van der Waals surface area contributed by atoms with E-state index >= 15 is 0 Å². The minimum Gasteiger partial charge on any atom is -0.491 e. The number of carbonyl (C=O) groups is 1. The number of hydrogen-bond acceptors (Lipinski definition) is 7. The van der Waals surface area contributed by atoms with Gasteiger partial charge >= 0.3 is 12.4 Å². The third-order valence-electron chi connectivity index (χ3n) is 4.42. The topological polar surface area (TPSA) is 110 Å². The van der Waals surface area contributed by atoms with Crippen LogP contribution in [-0.2, 0) is 7.05 Å². The van der Waals surface area contributed by atoms with E-state index in [1.165, 1.54) is 18.2 Å². The average Bonchev–Trinajstić information content (AvgIpc) is 3.28. The molecule has 0 spiro atoms. The Labute approximate surface area is 181 Å². The molecule has 0 unspecified atom stereocenters. The number of halogens is 2. The molecule has 0 aliphatic carbocycles. The zero-order valence-electron chi connectivity index (χ0n) is 17.2. The van der Waals surface area contributed by atoms with E-state index in [0.29, 0.717) is 23.6 Å². The van der Waals surface area contributed by atoms with Gasteiger partial charge in [0.25, 0.3) is 0 Å². The number of amides is 1. The summed E-state index contributed by atoms with van der Waals surface area (Å²) < 4.78 is 48.1. The SMILES string of the molecule is C[C@H](N)COc1ccc(NC(=O)Oc2cccc3c2OC(F)(F)O3)cc1-c1ccnn1C. The number of hydrogen-bond donors (Lipinski definition) is 2. The lowest BCUT2D eigenvalue weighted by Gasteiger charge is -2.15. The van der Waals surface area contributed by atoms with Gasteiger partial charge < -0.3 is 24.7 Å². The molecule has 1 aliphatic rings. The fourth-order valence-corrected chi connectivity index (χ4v) is 3.06. The Morgan fingerprint density at radius 1 is 1.25 bits per heavy atom. The Kier molecular flexibility index (Phi) is 5.57. The van der Waals surface area contributed by atoms with E-state index in [1.54, 1.807) is 42.2 Å². The lowest BCUT2D eigenvalue weighted by atomic mass is 10.1. The number of carbonyl (C=O) groups excluding carboxylic acids is 1. The molecule has 1 amide bonds. The van der Waals surface area contributed by atoms with Crippen molar-refractivity contribution in [1.82, 2.24) is 9.78 Å². The van der Waals surface area contributed by atoms with Gasteiger partial charge in [0.15, 0.2) is 11.5 Å². The smallest absolute Gasteiger partial charge is 0.491 e. The second-order valence-electron chi connectivity index (χ2n) is 7.10. The first kappa shape index (κ1) is 21.4. The zero-order valence-corrected chi connectivity index (χ0v) is 17.2. The first-order valence-corrected chi connectivity index (χ1v) is 9.60. The number of aromatic nitrogens is 2. The number of ether oxygens (including phenoxy) is 4. The molecule has 0 saturated carbocycles. The fourth-order valence-electron chi connectivity index (χ4n) is 3.06. The van der Waals surface area contributed by atoms with E-state index in [1.807, 2.05) is 6.92 Å². The number of fused-ring (bicyclic) bond motifs is 1. The largest absolute Gasteiger partial charge is 0.586 e. The number of nitrogens with two attached hydrogens (primary N) is 1. The van der Waals surface area contributed by atoms with Crippen molar-refractivity contribution >= 4 is 11.8 Å². The minimum absolute atomic E-state index is 0.173. The van der Waals surface area contributed by atoms with Crippen LogP contribution in [0.1, 0.15) is 6.92 Å². The van der Waals surface area contributed by atoms with Crippen molar-refractivity contribution in [2.24, 2.45) is 12.8 Å². The number of nitrogens with one attached hydrogen (secondary N) is 1. The summed E-state index contributed by atoms with van der Waals surface area (Å²) >= 11 is 0. The van der Waals surface area contributed by atoms with Gasteiger partial charge in [0, 0.05) is 30.5 Å². The predicted octanol–water partition coefficient (Wildman–Crippen LogP) is 3.75. The maximum Gasteiger partial charge on any atom is 0.586 e. The van der Waals surface area contributed by atoms with Crippen LogP contribution in [0.15, 0.2) is 48.7 Å². The molecule has 1 aromatic heterocycles. The van der Waals surface area contributed by atoms with E-state index < -0.39 is 12.4 Å². The fraction of sp³-hybridized carbons (Fsp3) is 0.238. The Morgan fingerprint density at radius 3 is 2.78 bits per heavy atom. The number of rotatable bonds is 6. The maximum atomic E-state index is 13.3. The number of nitrogens with zero attached hydrogens (tertiary/aromatic N) is 2. The van der Waals surface area contributed by atoms with Gasteiger partial charge in [-0.15, -0.1) is 8.78 Å². The Hall–Kier alpha value is -3.86. The number of benzene rings is 2. The Bertz CT molecular complexity index is 1150. The van der Waals surface area contributed by atoms with Crippen LogP contribution >= 0.6 is 0 Å². The van der Waals surface area contributed by atoms with Gasteiger partial charge in [-0.05, 0) is 43.3 Å². The summed E-state index contributed by atoms with van der Waals surface area (Å²) in [5.74, 6) is -0.239. The van der Waals surface area contributed by atoms with Crippen molar-refractivity contribution in [1.29, 1.82) is 0 Å². The first-order valence-electron chi connectivity index (χ1n) is 9.60. The summed E-state index contributed by atoms with van der Waals surface area (Å²) in [5, 5.41) is 6.72. The second-order valence-corrected chi connectivity index (χ2v) is 7.10. The molecule has 0 saturated heterocycles. The monoisotopic (exact) mass is 446 g/mol. The molecule has 3 N–H and O–H groups in total. The lowest BCUT2D eigenvalue weighted by Crippen LogP contribution is -2.26. The molecule has 1 aliphatic heterocycles. The summed E-state index contributed by atoms with van der Waals surface area (Å²) in [7, 11) is 1.77. The summed E-state index contributed by atoms with van der Waals surface area (Å²) in [6.07, 6.45) is -3.10. The molecule has 11 heteroatoms. The van der Waals surface area contributed by atoms with Crippen molar-refractivity contribution in [3.8, 4) is 34.3 Å². The van der Waals surface area contributed by atoms with Crippen LogP contribution in [0.2, 0.25) is 0 Å². The number of para-hydroxylation sites is 1. The lowest BCUT2D eigenvalue weighted by molar-refractivity contribution is -0.287. The highest BCUT2D eigenvalue weighted by Gasteiger charge is 2.45. The van der Waals surface area contributed by atoms with Crippen LogP contribution in [0.3, 0.4) is 0 Å². The van der Waals surface area contributed by atoms with E-state index in [0.717, 1.165) is 5.69 Å². The number of anilines is 1. The maximum absolute atomic E-state index is 13.3. The highest BCUT2D eigenvalue weighted by molar-refractivity contribution is 5.88. The average molecular weight is 446 g/mol. The van der Waals surface area contributed by atoms with E-state index in [4.69, 9.17) is 15.2 Å². The van der Waals surface area contributed by atoms with Gasteiger partial charge in [0.1, 0.15) is 12.4 Å². The van der Waals surface area contributed by atoms with Crippen LogP contribution in [0.25, 0.3) is 11.3 Å². The molecule has 0 radical (unpaired) electrons. The summed E-state index contributed by atoms with van der Waals surface area (Å²) in [5.41, 5.74) is 7.58. The van der Waals surface area contributed by atoms with Crippen LogP contribution in [0.5, 0.6) is 23.0 Å². The van der Waals surface area contributed by atoms with E-state index in [-0.39, 0.29) is 23.3 Å². The van der Waals surface area contributed by atoms with Gasteiger partial charge in [-0.3, -0.25) is 10.00 Å². The normalized spacial score (nSPS) is 14.7. The van der Waals surface area contributed by atoms with Crippen molar-refractivity contribution < 1.29 is 32.5 Å². The van der Waals surface area contributed by atoms with Crippen molar-refractivity contribution in [2.75, 3.05) is 11.9 Å². The molecule has 2 aromatic carbocycles. The second kappa shape index (κ2) is 8.35. The predicted molar refractivity (Wildman–Crippen MR) is 110 cm³/mol. The van der Waals surface area contributed by atoms with Crippen LogP contribution < -0.4 is 30.0 Å². The Morgan fingerprint density at radius 2 is 2.06 bits per heavy atom. The van der Waals surface area contributed by atoms with Crippen LogP contribution in [-0.4, -0.2) is 34.8 Å². The van der Waals surface area contributed by atoms with Gasteiger partial charge in [-0.1, -0.05) is 6.07 Å². The molecule has 3 aromatic rings. The highest BCUT2D eigenvalue weighted by Crippen LogP contribution is 2.47. The van der Waals surface area contributed by atoms with Gasteiger partial charge in [0.05, 0.1) is 5.69 Å². The van der Waals surface area contributed by atoms with Gasteiger partial charge in [-0.25, -0.2) is 4.79 Å². The summed E-state index contributed by atoms with van der Waals surface area (Å²) in [6.45, 7) is 2.12. The number of aryl methyl sites for hydroxylation is 1. The standard InChI is InChI=1S/C21H20F2N4O5/c1-12(24)11-29-16-7-6-13(10-14(16)15-8-9-25-27(15)2)26-20(28)30-17-4-3-5-18-19(17)32-21(22,23)31-18/h3-10,12H,11,24H2,1-2H3,(H,26,28)/t12-/m0/s1. The molecular formula is C21H20F2N4O5. The summed E-state index contributed by atoms with van der Waals surface area (Å²) in [6, 6.07) is 10.6. The number of alkyl halides is 2. The van der Waals surface area contributed by atoms with Gasteiger partial charge in [0.2, 0.25) is 5.75 Å². The van der Waals surface area contributed by atoms with Crippen molar-refractivity contribution in [2.45, 2.75) is 19.3 Å². The minimum atomic E-state index is -3.83. The van der Waals surface area contributed by atoms with Crippen LogP contribution in [0, 0.1) is 0 Å². The molecule has 32 heavy (non-hydrogen) atoms.